The fourth-order valence-electron chi connectivity index (χ4n) is 2.04. The number of aliphatic imine (C=N–C) groups is 1. The van der Waals surface area contributed by atoms with Crippen molar-refractivity contribution >= 4 is 15.8 Å². The standard InChI is InChI=1S/C14H29N3O4S/c1-3-22(18,19)10-7-17-14(15-2)16-6-4-8-20-11-13-5-9-21-12-13/h13H,3-12H2,1-2H3,(H2,15,16,17). The fourth-order valence-corrected chi connectivity index (χ4v) is 2.74. The van der Waals surface area contributed by atoms with Crippen LogP contribution in [0.2, 0.25) is 0 Å². The van der Waals surface area contributed by atoms with Crippen LogP contribution in [0.3, 0.4) is 0 Å². The number of nitrogens with one attached hydrogen (secondary N) is 2. The summed E-state index contributed by atoms with van der Waals surface area (Å²) in [5.41, 5.74) is 0. The highest BCUT2D eigenvalue weighted by atomic mass is 32.2. The molecule has 1 fully saturated rings. The lowest BCUT2D eigenvalue weighted by Gasteiger charge is -2.12. The van der Waals surface area contributed by atoms with Crippen molar-refractivity contribution in [2.45, 2.75) is 19.8 Å². The molecule has 1 heterocycles. The molecule has 22 heavy (non-hydrogen) atoms. The van der Waals surface area contributed by atoms with E-state index in [9.17, 15) is 8.42 Å². The van der Waals surface area contributed by atoms with Crippen LogP contribution in [0, 0.1) is 5.92 Å². The molecule has 1 unspecified atom stereocenters. The van der Waals surface area contributed by atoms with Crippen molar-refractivity contribution < 1.29 is 17.9 Å². The van der Waals surface area contributed by atoms with E-state index in [1.165, 1.54) is 0 Å². The number of hydrogen-bond donors (Lipinski definition) is 2. The third-order valence-corrected chi connectivity index (χ3v) is 5.21. The molecule has 1 aliphatic rings. The van der Waals surface area contributed by atoms with Crippen molar-refractivity contribution in [2.24, 2.45) is 10.9 Å². The molecule has 0 aromatic rings. The zero-order valence-corrected chi connectivity index (χ0v) is 14.5. The molecule has 0 aromatic heterocycles. The second-order valence-corrected chi connectivity index (χ2v) is 7.79. The van der Waals surface area contributed by atoms with Crippen molar-refractivity contribution in [2.75, 3.05) is 58.1 Å². The summed E-state index contributed by atoms with van der Waals surface area (Å²) in [6, 6.07) is 0. The normalized spacial score (nSPS) is 19.4. The van der Waals surface area contributed by atoms with Gasteiger partial charge in [-0.05, 0) is 12.8 Å². The van der Waals surface area contributed by atoms with E-state index in [0.29, 0.717) is 25.0 Å². The molecule has 0 radical (unpaired) electrons. The highest BCUT2D eigenvalue weighted by Crippen LogP contribution is 2.12. The van der Waals surface area contributed by atoms with Crippen molar-refractivity contribution in [1.82, 2.24) is 10.6 Å². The monoisotopic (exact) mass is 335 g/mol. The SMILES string of the molecule is CCS(=O)(=O)CCNC(=NC)NCCCOCC1CCOC1. The zero-order chi connectivity index (χ0) is 16.3. The predicted molar refractivity (Wildman–Crippen MR) is 88.1 cm³/mol. The smallest absolute Gasteiger partial charge is 0.191 e. The first-order chi connectivity index (χ1) is 10.6. The molecule has 0 aliphatic carbocycles. The van der Waals surface area contributed by atoms with E-state index < -0.39 is 9.84 Å². The Morgan fingerprint density at radius 3 is 2.77 bits per heavy atom. The Morgan fingerprint density at radius 1 is 1.36 bits per heavy atom. The molecule has 1 atom stereocenters. The molecule has 0 amide bonds. The van der Waals surface area contributed by atoms with E-state index >= 15 is 0 Å². The lowest BCUT2D eigenvalue weighted by molar-refractivity contribution is 0.0888. The van der Waals surface area contributed by atoms with E-state index in [4.69, 9.17) is 9.47 Å². The summed E-state index contributed by atoms with van der Waals surface area (Å²) in [5.74, 6) is 1.46. The Labute approximate surface area is 133 Å². The number of sulfone groups is 1. The zero-order valence-electron chi connectivity index (χ0n) is 13.6. The van der Waals surface area contributed by atoms with E-state index in [1.807, 2.05) is 0 Å². The molecule has 2 N–H and O–H groups in total. The van der Waals surface area contributed by atoms with Gasteiger partial charge in [0.15, 0.2) is 15.8 Å². The lowest BCUT2D eigenvalue weighted by Crippen LogP contribution is -2.40. The van der Waals surface area contributed by atoms with Crippen molar-refractivity contribution in [1.29, 1.82) is 0 Å². The molecule has 1 rings (SSSR count). The van der Waals surface area contributed by atoms with Crippen LogP contribution < -0.4 is 10.6 Å². The highest BCUT2D eigenvalue weighted by Gasteiger charge is 2.15. The summed E-state index contributed by atoms with van der Waals surface area (Å²) in [7, 11) is -1.27. The average Bonchev–Trinajstić information content (AvgIpc) is 3.02. The molecular formula is C14H29N3O4S. The molecule has 0 saturated carbocycles. The summed E-state index contributed by atoms with van der Waals surface area (Å²) >= 11 is 0. The van der Waals surface area contributed by atoms with E-state index in [2.05, 4.69) is 15.6 Å². The van der Waals surface area contributed by atoms with E-state index in [0.717, 1.165) is 39.2 Å². The molecule has 1 aliphatic heterocycles. The van der Waals surface area contributed by atoms with Gasteiger partial charge in [0, 0.05) is 45.0 Å². The predicted octanol–water partition coefficient (Wildman–Crippen LogP) is 0.0293. The van der Waals surface area contributed by atoms with Crippen LogP contribution in [0.4, 0.5) is 0 Å². The quantitative estimate of drug-likeness (QED) is 0.333. The maximum atomic E-state index is 11.4. The second kappa shape index (κ2) is 10.8. The highest BCUT2D eigenvalue weighted by molar-refractivity contribution is 7.91. The van der Waals surface area contributed by atoms with Gasteiger partial charge in [0.2, 0.25) is 0 Å². The summed E-state index contributed by atoms with van der Waals surface area (Å²) in [6.07, 6.45) is 1.97. The minimum absolute atomic E-state index is 0.122. The van der Waals surface area contributed by atoms with Crippen molar-refractivity contribution in [3.8, 4) is 0 Å². The van der Waals surface area contributed by atoms with Gasteiger partial charge < -0.3 is 20.1 Å². The Balaban J connectivity index is 2.01. The van der Waals surface area contributed by atoms with Gasteiger partial charge in [-0.25, -0.2) is 8.42 Å². The Kier molecular flexibility index (Phi) is 9.42. The molecule has 7 nitrogen and oxygen atoms in total. The molecule has 8 heteroatoms. The average molecular weight is 335 g/mol. The van der Waals surface area contributed by atoms with Gasteiger partial charge in [-0.3, -0.25) is 4.99 Å². The van der Waals surface area contributed by atoms with Gasteiger partial charge in [-0.1, -0.05) is 6.92 Å². The largest absolute Gasteiger partial charge is 0.381 e. The summed E-state index contributed by atoms with van der Waals surface area (Å²) < 4.78 is 33.7. The molecule has 0 aromatic carbocycles. The molecule has 0 spiro atoms. The van der Waals surface area contributed by atoms with Gasteiger partial charge >= 0.3 is 0 Å². The lowest BCUT2D eigenvalue weighted by atomic mass is 10.1. The van der Waals surface area contributed by atoms with Crippen LogP contribution in [0.25, 0.3) is 0 Å². The van der Waals surface area contributed by atoms with Crippen molar-refractivity contribution in [3.05, 3.63) is 0 Å². The van der Waals surface area contributed by atoms with Gasteiger partial charge in [-0.2, -0.15) is 0 Å². The number of ether oxygens (including phenoxy) is 2. The van der Waals surface area contributed by atoms with Gasteiger partial charge in [-0.15, -0.1) is 0 Å². The van der Waals surface area contributed by atoms with Gasteiger partial charge in [0.05, 0.1) is 19.0 Å². The van der Waals surface area contributed by atoms with Gasteiger partial charge in [0.1, 0.15) is 0 Å². The Bertz CT molecular complexity index is 420. The Hall–Kier alpha value is -0.860. The van der Waals surface area contributed by atoms with E-state index in [-0.39, 0.29) is 11.5 Å². The third-order valence-electron chi connectivity index (χ3n) is 3.50. The maximum Gasteiger partial charge on any atom is 0.191 e. The number of hydrogen-bond acceptors (Lipinski definition) is 5. The first-order valence-electron chi connectivity index (χ1n) is 7.88. The van der Waals surface area contributed by atoms with Crippen LogP contribution in [0.5, 0.6) is 0 Å². The van der Waals surface area contributed by atoms with Gasteiger partial charge in [0.25, 0.3) is 0 Å². The molecular weight excluding hydrogens is 306 g/mol. The Morgan fingerprint density at radius 2 is 2.14 bits per heavy atom. The first-order valence-corrected chi connectivity index (χ1v) is 9.70. The third kappa shape index (κ3) is 8.55. The number of nitrogens with zero attached hydrogens (tertiary/aromatic N) is 1. The minimum atomic E-state index is -2.94. The topological polar surface area (TPSA) is 89.0 Å². The molecule has 130 valence electrons. The first kappa shape index (κ1) is 19.2. The minimum Gasteiger partial charge on any atom is -0.381 e. The summed E-state index contributed by atoms with van der Waals surface area (Å²) in [5, 5.41) is 6.14. The van der Waals surface area contributed by atoms with Crippen LogP contribution in [0.15, 0.2) is 4.99 Å². The van der Waals surface area contributed by atoms with Crippen molar-refractivity contribution in [3.63, 3.8) is 0 Å². The summed E-state index contributed by atoms with van der Waals surface area (Å²) in [6.45, 7) is 5.89. The van der Waals surface area contributed by atoms with Crippen LogP contribution in [-0.2, 0) is 19.3 Å². The van der Waals surface area contributed by atoms with E-state index in [1.54, 1.807) is 14.0 Å². The molecule has 0 bridgehead atoms. The maximum absolute atomic E-state index is 11.4. The fraction of sp³-hybridized carbons (Fsp3) is 0.929. The number of guanidine groups is 1. The summed E-state index contributed by atoms with van der Waals surface area (Å²) in [4.78, 5) is 4.06. The van der Waals surface area contributed by atoms with Crippen LogP contribution in [0.1, 0.15) is 19.8 Å². The molecule has 1 saturated heterocycles. The second-order valence-electron chi connectivity index (χ2n) is 5.32. The van der Waals surface area contributed by atoms with Crippen LogP contribution >= 0.6 is 0 Å². The number of rotatable bonds is 10. The van der Waals surface area contributed by atoms with Crippen LogP contribution in [-0.4, -0.2) is 72.4 Å².